The molecule has 84 valence electrons. The Hall–Kier alpha value is -2.04. The fourth-order valence-corrected chi connectivity index (χ4v) is 2.01. The largest absolute Gasteiger partial charge is 0.490 e. The van der Waals surface area contributed by atoms with Crippen molar-refractivity contribution in [3.63, 3.8) is 0 Å². The van der Waals surface area contributed by atoms with Gasteiger partial charge in [-0.2, -0.15) is 0 Å². The van der Waals surface area contributed by atoms with Crippen LogP contribution in [0.2, 0.25) is 0 Å². The number of ether oxygens (including phenoxy) is 1. The number of benzene rings is 1. The fourth-order valence-electron chi connectivity index (χ4n) is 2.01. The van der Waals surface area contributed by atoms with Crippen LogP contribution in [0.5, 0.6) is 5.75 Å². The third-order valence-corrected chi connectivity index (χ3v) is 2.68. The number of nitro benzene ring substituents is 1. The van der Waals surface area contributed by atoms with Gasteiger partial charge in [-0.3, -0.25) is 10.1 Å². The summed E-state index contributed by atoms with van der Waals surface area (Å²) in [5.41, 5.74) is 1.76. The normalized spacial score (nSPS) is 10.7. The van der Waals surface area contributed by atoms with Crippen LogP contribution in [0.3, 0.4) is 0 Å². The van der Waals surface area contributed by atoms with Crippen molar-refractivity contribution in [3.05, 3.63) is 34.0 Å². The lowest BCUT2D eigenvalue weighted by molar-refractivity contribution is -0.384. The molecule has 1 aromatic heterocycles. The van der Waals surface area contributed by atoms with Crippen molar-refractivity contribution in [2.45, 2.75) is 6.92 Å². The molecule has 0 aliphatic heterocycles. The Balaban J connectivity index is 2.93. The van der Waals surface area contributed by atoms with Gasteiger partial charge in [0.05, 0.1) is 22.9 Å². The molecule has 5 nitrogen and oxygen atoms in total. The van der Waals surface area contributed by atoms with Gasteiger partial charge in [0.25, 0.3) is 0 Å². The molecule has 1 aromatic carbocycles. The second kappa shape index (κ2) is 3.52. The number of methoxy groups -OCH3 is 1. The van der Waals surface area contributed by atoms with Crippen LogP contribution in [0, 0.1) is 17.0 Å². The van der Waals surface area contributed by atoms with Crippen molar-refractivity contribution in [3.8, 4) is 5.75 Å². The van der Waals surface area contributed by atoms with E-state index in [1.165, 1.54) is 7.11 Å². The van der Waals surface area contributed by atoms with Crippen LogP contribution in [0.1, 0.15) is 5.56 Å². The number of hydrogen-bond acceptors (Lipinski definition) is 3. The zero-order valence-electron chi connectivity index (χ0n) is 9.35. The van der Waals surface area contributed by atoms with E-state index in [0.29, 0.717) is 11.1 Å². The third kappa shape index (κ3) is 1.32. The van der Waals surface area contributed by atoms with Crippen LogP contribution in [-0.2, 0) is 7.05 Å². The van der Waals surface area contributed by atoms with Gasteiger partial charge < -0.3 is 9.30 Å². The van der Waals surface area contributed by atoms with E-state index in [-0.39, 0.29) is 5.69 Å². The molecule has 0 aliphatic rings. The van der Waals surface area contributed by atoms with Gasteiger partial charge in [-0.1, -0.05) is 0 Å². The zero-order valence-corrected chi connectivity index (χ0v) is 9.35. The Bertz CT molecular complexity index is 572. The zero-order chi connectivity index (χ0) is 11.9. The van der Waals surface area contributed by atoms with E-state index in [2.05, 4.69) is 0 Å². The van der Waals surface area contributed by atoms with Crippen molar-refractivity contribution < 1.29 is 9.66 Å². The molecule has 0 bridgehead atoms. The first-order chi connectivity index (χ1) is 7.56. The maximum atomic E-state index is 11.1. The molecular weight excluding hydrogens is 208 g/mol. The number of nitrogens with zero attached hydrogens (tertiary/aromatic N) is 2. The van der Waals surface area contributed by atoms with Crippen molar-refractivity contribution in [1.82, 2.24) is 4.57 Å². The summed E-state index contributed by atoms with van der Waals surface area (Å²) in [5.74, 6) is 0.298. The molecule has 2 rings (SSSR count). The average Bonchev–Trinajstić information content (AvgIpc) is 2.53. The molecule has 0 aliphatic carbocycles. The Labute approximate surface area is 92.4 Å². The molecule has 0 atom stereocenters. The molecule has 0 amide bonds. The molecule has 5 heteroatoms. The van der Waals surface area contributed by atoms with Crippen LogP contribution in [0.4, 0.5) is 5.69 Å². The first-order valence-corrected chi connectivity index (χ1v) is 4.83. The summed E-state index contributed by atoms with van der Waals surface area (Å²) in [6.45, 7) is 1.86. The van der Waals surface area contributed by atoms with E-state index in [0.717, 1.165) is 11.1 Å². The minimum Gasteiger partial charge on any atom is -0.490 e. The molecule has 0 fully saturated rings. The second-order valence-electron chi connectivity index (χ2n) is 3.69. The summed E-state index contributed by atoms with van der Waals surface area (Å²) >= 11 is 0. The number of hydrogen-bond donors (Lipinski definition) is 0. The van der Waals surface area contributed by atoms with Crippen molar-refractivity contribution in [1.29, 1.82) is 0 Å². The minimum absolute atomic E-state index is 0.0399. The Morgan fingerprint density at radius 1 is 1.44 bits per heavy atom. The first kappa shape index (κ1) is 10.5. The highest BCUT2D eigenvalue weighted by Crippen LogP contribution is 2.37. The monoisotopic (exact) mass is 220 g/mol. The van der Waals surface area contributed by atoms with Crippen LogP contribution >= 0.6 is 0 Å². The molecule has 0 radical (unpaired) electrons. The third-order valence-electron chi connectivity index (χ3n) is 2.68. The number of fused-ring (bicyclic) bond motifs is 1. The highest BCUT2D eigenvalue weighted by Gasteiger charge is 2.22. The van der Waals surface area contributed by atoms with Crippen LogP contribution in [0.15, 0.2) is 18.3 Å². The van der Waals surface area contributed by atoms with Gasteiger partial charge in [0.2, 0.25) is 0 Å². The molecule has 0 saturated carbocycles. The summed E-state index contributed by atoms with van der Waals surface area (Å²) < 4.78 is 6.90. The highest BCUT2D eigenvalue weighted by molar-refractivity contribution is 5.94. The predicted molar refractivity (Wildman–Crippen MR) is 60.9 cm³/mol. The Morgan fingerprint density at radius 3 is 2.69 bits per heavy atom. The summed E-state index contributed by atoms with van der Waals surface area (Å²) in [7, 11) is 3.30. The summed E-state index contributed by atoms with van der Waals surface area (Å²) in [6.07, 6.45) is 1.87. The lowest BCUT2D eigenvalue weighted by Crippen LogP contribution is -1.95. The highest BCUT2D eigenvalue weighted by atomic mass is 16.6. The first-order valence-electron chi connectivity index (χ1n) is 4.83. The predicted octanol–water partition coefficient (Wildman–Crippen LogP) is 2.40. The van der Waals surface area contributed by atoms with E-state index in [4.69, 9.17) is 4.74 Å². The number of aromatic nitrogens is 1. The summed E-state index contributed by atoms with van der Waals surface area (Å²) in [6, 6.07) is 3.45. The van der Waals surface area contributed by atoms with Crippen molar-refractivity contribution in [2.24, 2.45) is 7.05 Å². The molecule has 0 spiro atoms. The molecular formula is C11H12N2O3. The van der Waals surface area contributed by atoms with E-state index < -0.39 is 4.92 Å². The molecule has 1 heterocycles. The van der Waals surface area contributed by atoms with E-state index >= 15 is 0 Å². The molecule has 2 aromatic rings. The maximum Gasteiger partial charge on any atom is 0.320 e. The van der Waals surface area contributed by atoms with Crippen LogP contribution < -0.4 is 4.74 Å². The lowest BCUT2D eigenvalue weighted by Gasteiger charge is -2.03. The smallest absolute Gasteiger partial charge is 0.320 e. The topological polar surface area (TPSA) is 57.3 Å². The average molecular weight is 220 g/mol. The second-order valence-corrected chi connectivity index (χ2v) is 3.69. The number of rotatable bonds is 2. The van der Waals surface area contributed by atoms with Crippen LogP contribution in [-0.4, -0.2) is 16.6 Å². The van der Waals surface area contributed by atoms with Gasteiger partial charge in [0, 0.05) is 13.2 Å². The van der Waals surface area contributed by atoms with Gasteiger partial charge in [-0.25, -0.2) is 0 Å². The van der Waals surface area contributed by atoms with Gasteiger partial charge in [-0.05, 0) is 24.6 Å². The molecule has 16 heavy (non-hydrogen) atoms. The maximum absolute atomic E-state index is 11.1. The Morgan fingerprint density at radius 2 is 2.12 bits per heavy atom. The van der Waals surface area contributed by atoms with E-state index in [9.17, 15) is 10.1 Å². The van der Waals surface area contributed by atoms with Crippen LogP contribution in [0.25, 0.3) is 10.9 Å². The quantitative estimate of drug-likeness (QED) is 0.576. The van der Waals surface area contributed by atoms with Crippen molar-refractivity contribution >= 4 is 16.6 Å². The molecule has 0 unspecified atom stereocenters. The van der Waals surface area contributed by atoms with Gasteiger partial charge in [-0.15, -0.1) is 0 Å². The fraction of sp³-hybridized carbons (Fsp3) is 0.273. The van der Waals surface area contributed by atoms with Gasteiger partial charge in [0.15, 0.2) is 5.75 Å². The SMILES string of the molecule is COc1ccc2c(c(C)cn2C)c1[N+](=O)[O-]. The van der Waals surface area contributed by atoms with E-state index in [1.807, 2.05) is 30.8 Å². The lowest BCUT2D eigenvalue weighted by atomic mass is 10.1. The summed E-state index contributed by atoms with van der Waals surface area (Å²) in [5, 5.41) is 11.7. The van der Waals surface area contributed by atoms with E-state index in [1.54, 1.807) is 6.07 Å². The minimum atomic E-state index is -0.395. The molecule has 0 N–H and O–H groups in total. The standard InChI is InChI=1S/C11H12N2O3/c1-7-6-12(2)8-4-5-9(16-3)11(10(7)8)13(14)15/h4-6H,1-3H3. The summed E-state index contributed by atoms with van der Waals surface area (Å²) in [4.78, 5) is 10.7. The molecule has 0 saturated heterocycles. The van der Waals surface area contributed by atoms with Gasteiger partial charge >= 0.3 is 5.69 Å². The number of aryl methyl sites for hydroxylation is 2. The number of nitro groups is 1. The van der Waals surface area contributed by atoms with Gasteiger partial charge in [0.1, 0.15) is 0 Å². The Kier molecular flexibility index (Phi) is 2.30. The van der Waals surface area contributed by atoms with Crippen molar-refractivity contribution in [2.75, 3.05) is 7.11 Å².